The van der Waals surface area contributed by atoms with Gasteiger partial charge in [0.05, 0.1) is 16.7 Å². The fourth-order valence-corrected chi connectivity index (χ4v) is 7.69. The van der Waals surface area contributed by atoms with E-state index in [0.29, 0.717) is 30.4 Å². The molecule has 30 heavy (non-hydrogen) atoms. The molecule has 5 rings (SSSR count). The number of amides is 2. The Morgan fingerprint density at radius 2 is 1.33 bits per heavy atom. The van der Waals surface area contributed by atoms with E-state index in [9.17, 15) is 14.4 Å². The lowest BCUT2D eigenvalue weighted by molar-refractivity contribution is -0.121. The molecule has 0 saturated heterocycles. The molecule has 1 aromatic carbocycles. The zero-order chi connectivity index (χ0) is 21.7. The third kappa shape index (κ3) is 2.61. The first kappa shape index (κ1) is 19.7. The number of rotatable bonds is 1. The van der Waals surface area contributed by atoms with Crippen molar-refractivity contribution in [3.05, 3.63) is 46.5 Å². The van der Waals surface area contributed by atoms with Gasteiger partial charge >= 0.3 is 0 Å². The number of Topliss-reactive ketones (excluding diaryl/α,β-unsaturated/α-hetero) is 1. The summed E-state index contributed by atoms with van der Waals surface area (Å²) in [7, 11) is 0. The van der Waals surface area contributed by atoms with Crippen molar-refractivity contribution in [3.63, 3.8) is 0 Å². The van der Waals surface area contributed by atoms with Crippen LogP contribution in [0.15, 0.2) is 35.4 Å². The van der Waals surface area contributed by atoms with Crippen molar-refractivity contribution in [1.82, 2.24) is 4.90 Å². The molecule has 4 nitrogen and oxygen atoms in total. The minimum Gasteiger partial charge on any atom is -0.294 e. The first-order chi connectivity index (χ1) is 13.9. The Morgan fingerprint density at radius 1 is 0.733 bits per heavy atom. The van der Waals surface area contributed by atoms with E-state index in [1.807, 2.05) is 0 Å². The van der Waals surface area contributed by atoms with Crippen LogP contribution < -0.4 is 0 Å². The van der Waals surface area contributed by atoms with Gasteiger partial charge in [-0.3, -0.25) is 19.3 Å². The van der Waals surface area contributed by atoms with Gasteiger partial charge in [0.2, 0.25) is 0 Å². The van der Waals surface area contributed by atoms with E-state index in [-0.39, 0.29) is 33.8 Å². The van der Waals surface area contributed by atoms with Gasteiger partial charge in [-0.05, 0) is 60.5 Å². The average Bonchev–Trinajstić information content (AvgIpc) is 2.82. The van der Waals surface area contributed by atoms with Gasteiger partial charge < -0.3 is 0 Å². The first-order valence-corrected chi connectivity index (χ1v) is 11.1. The lowest BCUT2D eigenvalue weighted by atomic mass is 9.48. The van der Waals surface area contributed by atoms with Crippen LogP contribution in [0, 0.1) is 16.2 Å². The Morgan fingerprint density at radius 3 is 1.93 bits per heavy atom. The van der Waals surface area contributed by atoms with Gasteiger partial charge in [0.15, 0.2) is 5.78 Å². The maximum atomic E-state index is 13.6. The molecule has 2 bridgehead atoms. The highest BCUT2D eigenvalue weighted by Gasteiger charge is 2.63. The summed E-state index contributed by atoms with van der Waals surface area (Å²) in [5.74, 6) is -0.332. The zero-order valence-electron chi connectivity index (χ0n) is 18.7. The number of nitrogens with zero attached hydrogens (tertiary/aromatic N) is 1. The standard InChI is InChI=1S/C26H31NO3/c1-23(2)10-16-11-25(5)13-24(3,4)14-26(15-25,20(16)19(28)12-23)27-21(29)17-8-6-7-9-18(17)22(27)30/h6-9H,10-15H2,1-5H3/t25-,26+/m0/s1. The number of ketones is 1. The van der Waals surface area contributed by atoms with Crippen molar-refractivity contribution in [3.8, 4) is 0 Å². The lowest BCUT2D eigenvalue weighted by Gasteiger charge is -2.61. The third-order valence-corrected chi connectivity index (χ3v) is 7.69. The predicted octanol–water partition coefficient (Wildman–Crippen LogP) is 5.33. The summed E-state index contributed by atoms with van der Waals surface area (Å²) in [5, 5.41) is 0. The summed E-state index contributed by atoms with van der Waals surface area (Å²) >= 11 is 0. The van der Waals surface area contributed by atoms with Gasteiger partial charge in [-0.25, -0.2) is 0 Å². The van der Waals surface area contributed by atoms with Crippen molar-refractivity contribution >= 4 is 17.6 Å². The third-order valence-electron chi connectivity index (χ3n) is 7.69. The molecule has 0 aromatic heterocycles. The zero-order valence-corrected chi connectivity index (χ0v) is 18.7. The van der Waals surface area contributed by atoms with Crippen LogP contribution in [-0.2, 0) is 4.79 Å². The molecule has 4 heteroatoms. The highest BCUT2D eigenvalue weighted by Crippen LogP contribution is 2.64. The van der Waals surface area contributed by atoms with Crippen LogP contribution in [0.25, 0.3) is 0 Å². The largest absolute Gasteiger partial charge is 0.294 e. The molecule has 3 aliphatic carbocycles. The van der Waals surface area contributed by atoms with E-state index in [4.69, 9.17) is 0 Å². The SMILES string of the molecule is CC1(C)CC(=O)C2=C(C1)C[C@@]1(C)CC(C)(C)C[C@@]2(N2C(=O)c3ccccc3C2=O)C1. The van der Waals surface area contributed by atoms with Gasteiger partial charge in [0.25, 0.3) is 11.8 Å². The van der Waals surface area contributed by atoms with E-state index < -0.39 is 5.54 Å². The summed E-state index contributed by atoms with van der Waals surface area (Å²) in [6.07, 6.45) is 4.64. The molecular weight excluding hydrogens is 374 g/mol. The molecule has 1 aliphatic heterocycles. The van der Waals surface area contributed by atoms with E-state index in [1.165, 1.54) is 10.5 Å². The molecule has 0 unspecified atom stereocenters. The predicted molar refractivity (Wildman–Crippen MR) is 115 cm³/mol. The molecule has 0 radical (unpaired) electrons. The van der Waals surface area contributed by atoms with Crippen molar-refractivity contribution < 1.29 is 14.4 Å². The average molecular weight is 406 g/mol. The molecule has 2 amide bonds. The van der Waals surface area contributed by atoms with Gasteiger partial charge in [0, 0.05) is 12.0 Å². The monoisotopic (exact) mass is 405 g/mol. The van der Waals surface area contributed by atoms with Crippen LogP contribution in [0.4, 0.5) is 0 Å². The summed E-state index contributed by atoms with van der Waals surface area (Å²) in [5.41, 5.74) is 1.94. The Labute approximate surface area is 178 Å². The van der Waals surface area contributed by atoms with Crippen molar-refractivity contribution in [1.29, 1.82) is 0 Å². The summed E-state index contributed by atoms with van der Waals surface area (Å²) in [4.78, 5) is 42.3. The normalized spacial score (nSPS) is 34.2. The summed E-state index contributed by atoms with van der Waals surface area (Å²) in [6, 6.07) is 7.09. The molecule has 158 valence electrons. The number of carbonyl (C=O) groups excluding carboxylic acids is 3. The van der Waals surface area contributed by atoms with E-state index >= 15 is 0 Å². The van der Waals surface area contributed by atoms with Crippen LogP contribution >= 0.6 is 0 Å². The molecule has 1 saturated carbocycles. The second-order valence-corrected chi connectivity index (χ2v) is 12.1. The molecular formula is C26H31NO3. The fraction of sp³-hybridized carbons (Fsp3) is 0.577. The van der Waals surface area contributed by atoms with Crippen molar-refractivity contribution in [2.75, 3.05) is 0 Å². The molecule has 1 heterocycles. The smallest absolute Gasteiger partial charge is 0.262 e. The van der Waals surface area contributed by atoms with Crippen LogP contribution in [-0.4, -0.2) is 28.0 Å². The van der Waals surface area contributed by atoms with E-state index in [2.05, 4.69) is 34.6 Å². The molecule has 0 spiro atoms. The van der Waals surface area contributed by atoms with Gasteiger partial charge in [-0.15, -0.1) is 0 Å². The second-order valence-electron chi connectivity index (χ2n) is 12.1. The Bertz CT molecular complexity index is 1010. The van der Waals surface area contributed by atoms with Crippen LogP contribution in [0.2, 0.25) is 0 Å². The number of benzene rings is 1. The minimum absolute atomic E-state index is 0.0242. The molecule has 1 aromatic rings. The number of imide groups is 1. The quantitative estimate of drug-likeness (QED) is 0.594. The van der Waals surface area contributed by atoms with Gasteiger partial charge in [-0.1, -0.05) is 52.3 Å². The molecule has 4 aliphatic rings. The van der Waals surface area contributed by atoms with Crippen molar-refractivity contribution in [2.24, 2.45) is 16.2 Å². The summed E-state index contributed by atoms with van der Waals surface area (Å²) < 4.78 is 0. The molecule has 0 N–H and O–H groups in total. The number of carbonyl (C=O) groups is 3. The van der Waals surface area contributed by atoms with Crippen LogP contribution in [0.5, 0.6) is 0 Å². The number of hydrogen-bond acceptors (Lipinski definition) is 3. The van der Waals surface area contributed by atoms with Crippen LogP contribution in [0.3, 0.4) is 0 Å². The Balaban J connectivity index is 1.76. The topological polar surface area (TPSA) is 54.5 Å². The van der Waals surface area contributed by atoms with E-state index in [1.54, 1.807) is 24.3 Å². The van der Waals surface area contributed by atoms with Gasteiger partial charge in [0.1, 0.15) is 0 Å². The number of fused-ring (bicyclic) bond motifs is 4. The summed E-state index contributed by atoms with van der Waals surface area (Å²) in [6.45, 7) is 11.0. The van der Waals surface area contributed by atoms with Crippen molar-refractivity contribution in [2.45, 2.75) is 78.7 Å². The Kier molecular flexibility index (Phi) is 3.76. The fourth-order valence-electron chi connectivity index (χ4n) is 7.69. The Hall–Kier alpha value is -2.23. The minimum atomic E-state index is -0.829. The maximum Gasteiger partial charge on any atom is 0.262 e. The number of hydrogen-bond donors (Lipinski definition) is 0. The number of allylic oxidation sites excluding steroid dienone is 1. The highest BCUT2D eigenvalue weighted by atomic mass is 16.2. The highest BCUT2D eigenvalue weighted by molar-refractivity contribution is 6.22. The van der Waals surface area contributed by atoms with Gasteiger partial charge in [-0.2, -0.15) is 0 Å². The lowest BCUT2D eigenvalue weighted by Crippen LogP contribution is -2.64. The van der Waals surface area contributed by atoms with Crippen LogP contribution in [0.1, 0.15) is 93.9 Å². The first-order valence-electron chi connectivity index (χ1n) is 11.1. The second kappa shape index (κ2) is 5.72. The maximum absolute atomic E-state index is 13.6. The molecule has 1 fully saturated rings. The molecule has 2 atom stereocenters. The van der Waals surface area contributed by atoms with E-state index in [0.717, 1.165) is 24.8 Å².